The van der Waals surface area contributed by atoms with E-state index in [4.69, 9.17) is 42.5 Å². The molecule has 0 fully saturated rings. The van der Waals surface area contributed by atoms with Gasteiger partial charge in [-0.2, -0.15) is 0 Å². The van der Waals surface area contributed by atoms with Crippen LogP contribution < -0.4 is 14.2 Å². The van der Waals surface area contributed by atoms with E-state index in [1.807, 2.05) is 6.07 Å². The van der Waals surface area contributed by atoms with E-state index in [0.29, 0.717) is 33.9 Å². The normalized spacial score (nSPS) is 10.4. The highest BCUT2D eigenvalue weighted by Crippen LogP contribution is 2.24. The van der Waals surface area contributed by atoms with Gasteiger partial charge in [0.1, 0.15) is 37.1 Å². The summed E-state index contributed by atoms with van der Waals surface area (Å²) in [5.41, 5.74) is 1.03. The molecule has 1 N–H and O–H groups in total. The lowest BCUT2D eigenvalue weighted by Crippen LogP contribution is -2.19. The number of carbonyl (C=O) groups excluding carboxylic acids is 1. The molecule has 3 aromatic carbocycles. The topological polar surface area (TPSA) is 82.1 Å². The number of aromatic carboxylic acids is 1. The van der Waals surface area contributed by atoms with Crippen molar-refractivity contribution in [3.63, 3.8) is 0 Å². The van der Waals surface area contributed by atoms with Crippen molar-refractivity contribution >= 4 is 35.0 Å². The summed E-state index contributed by atoms with van der Waals surface area (Å²) in [6.45, 7) is -0.00564. The Balaban J connectivity index is 1.41. The zero-order valence-corrected chi connectivity index (χ0v) is 17.7. The van der Waals surface area contributed by atoms with Gasteiger partial charge in [0.2, 0.25) is 5.78 Å². The molecule has 8 heteroatoms. The van der Waals surface area contributed by atoms with Crippen LogP contribution in [0.25, 0.3) is 0 Å². The standard InChI is InChI=1S/C23H18Cl2O6/c24-21-10-1-15(11-22(21)25)12-29-19-6-8-20(9-7-19)31-14-17(26)13-30-18-4-2-16(3-5-18)23(27)28/h1-11H,12-14H2,(H,27,28). The molecule has 6 nitrogen and oxygen atoms in total. The Bertz CT molecular complexity index is 1050. The Kier molecular flexibility index (Phi) is 7.76. The van der Waals surface area contributed by atoms with E-state index in [1.54, 1.807) is 36.4 Å². The summed E-state index contributed by atoms with van der Waals surface area (Å²) < 4.78 is 16.5. The van der Waals surface area contributed by atoms with Crippen LogP contribution >= 0.6 is 23.2 Å². The molecule has 0 unspecified atom stereocenters. The molecule has 0 atom stereocenters. The van der Waals surface area contributed by atoms with Gasteiger partial charge in [-0.3, -0.25) is 4.79 Å². The molecule has 0 aliphatic carbocycles. The summed E-state index contributed by atoms with van der Waals surface area (Å²) in [6, 6.07) is 18.0. The molecule has 0 aliphatic rings. The van der Waals surface area contributed by atoms with Crippen molar-refractivity contribution in [1.82, 2.24) is 0 Å². The van der Waals surface area contributed by atoms with Crippen LogP contribution in [0.4, 0.5) is 0 Å². The first-order chi connectivity index (χ1) is 14.9. The molecule has 3 rings (SSSR count). The monoisotopic (exact) mass is 460 g/mol. The van der Waals surface area contributed by atoms with Crippen LogP contribution in [0.15, 0.2) is 66.7 Å². The van der Waals surface area contributed by atoms with Crippen LogP contribution in [-0.4, -0.2) is 30.1 Å². The molecule has 160 valence electrons. The van der Waals surface area contributed by atoms with Crippen LogP contribution in [0.1, 0.15) is 15.9 Å². The largest absolute Gasteiger partial charge is 0.489 e. The molecule has 0 aromatic heterocycles. The van der Waals surface area contributed by atoms with Crippen molar-refractivity contribution in [2.45, 2.75) is 6.61 Å². The van der Waals surface area contributed by atoms with Gasteiger partial charge in [-0.05, 0) is 66.2 Å². The van der Waals surface area contributed by atoms with E-state index in [-0.39, 0.29) is 24.6 Å². The van der Waals surface area contributed by atoms with Crippen LogP contribution in [0.5, 0.6) is 17.2 Å². The van der Waals surface area contributed by atoms with E-state index in [1.165, 1.54) is 24.3 Å². The highest BCUT2D eigenvalue weighted by Gasteiger charge is 2.07. The fraction of sp³-hybridized carbons (Fsp3) is 0.130. The number of ketones is 1. The van der Waals surface area contributed by atoms with E-state index in [9.17, 15) is 9.59 Å². The molecular weight excluding hydrogens is 443 g/mol. The maximum atomic E-state index is 12.0. The van der Waals surface area contributed by atoms with Gasteiger partial charge < -0.3 is 19.3 Å². The van der Waals surface area contributed by atoms with Crippen LogP contribution in [0.2, 0.25) is 10.0 Å². The van der Waals surface area contributed by atoms with E-state index in [0.717, 1.165) is 5.56 Å². The molecule has 0 amide bonds. The fourth-order valence-corrected chi connectivity index (χ4v) is 2.81. The molecule has 0 saturated carbocycles. The third kappa shape index (κ3) is 6.91. The summed E-state index contributed by atoms with van der Waals surface area (Å²) >= 11 is 11.9. The van der Waals surface area contributed by atoms with E-state index >= 15 is 0 Å². The highest BCUT2D eigenvalue weighted by molar-refractivity contribution is 6.42. The van der Waals surface area contributed by atoms with Gasteiger partial charge in [0.25, 0.3) is 0 Å². The number of benzene rings is 3. The Labute approximate surface area is 188 Å². The molecule has 31 heavy (non-hydrogen) atoms. The molecule has 0 radical (unpaired) electrons. The van der Waals surface area contributed by atoms with Crippen LogP contribution in [0, 0.1) is 0 Å². The van der Waals surface area contributed by atoms with Gasteiger partial charge in [-0.15, -0.1) is 0 Å². The predicted octanol–water partition coefficient (Wildman–Crippen LogP) is 5.30. The van der Waals surface area contributed by atoms with Crippen molar-refractivity contribution in [1.29, 1.82) is 0 Å². The van der Waals surface area contributed by atoms with E-state index < -0.39 is 5.97 Å². The van der Waals surface area contributed by atoms with Crippen molar-refractivity contribution in [2.24, 2.45) is 0 Å². The van der Waals surface area contributed by atoms with Crippen molar-refractivity contribution in [3.05, 3.63) is 87.9 Å². The van der Waals surface area contributed by atoms with Gasteiger partial charge in [0.15, 0.2) is 0 Å². The lowest BCUT2D eigenvalue weighted by atomic mass is 10.2. The summed E-state index contributed by atoms with van der Waals surface area (Å²) in [5, 5.41) is 9.82. The van der Waals surface area contributed by atoms with Gasteiger partial charge in [-0.1, -0.05) is 29.3 Å². The minimum Gasteiger partial charge on any atom is -0.489 e. The third-order valence-electron chi connectivity index (χ3n) is 4.11. The number of ether oxygens (including phenoxy) is 3. The second-order valence-corrected chi connectivity index (χ2v) is 7.27. The fourth-order valence-electron chi connectivity index (χ4n) is 2.49. The molecule has 0 spiro atoms. The van der Waals surface area contributed by atoms with Gasteiger partial charge >= 0.3 is 5.97 Å². The molecule has 3 aromatic rings. The Hall–Kier alpha value is -3.22. The van der Waals surface area contributed by atoms with Crippen LogP contribution in [-0.2, 0) is 11.4 Å². The number of hydrogen-bond donors (Lipinski definition) is 1. The minimum atomic E-state index is -1.03. The SMILES string of the molecule is O=C(COc1ccc(OCc2ccc(Cl)c(Cl)c2)cc1)COc1ccc(C(=O)O)cc1. The lowest BCUT2D eigenvalue weighted by Gasteiger charge is -2.10. The third-order valence-corrected chi connectivity index (χ3v) is 4.85. The highest BCUT2D eigenvalue weighted by atomic mass is 35.5. The molecule has 0 saturated heterocycles. The van der Waals surface area contributed by atoms with E-state index in [2.05, 4.69) is 0 Å². The maximum Gasteiger partial charge on any atom is 0.335 e. The predicted molar refractivity (Wildman–Crippen MR) is 117 cm³/mol. The molecule has 0 heterocycles. The second kappa shape index (κ2) is 10.7. The van der Waals surface area contributed by atoms with Gasteiger partial charge in [0, 0.05) is 0 Å². The van der Waals surface area contributed by atoms with Gasteiger partial charge in [-0.25, -0.2) is 4.79 Å². The van der Waals surface area contributed by atoms with Crippen molar-refractivity contribution in [2.75, 3.05) is 13.2 Å². The number of carboxylic acids is 1. The molecular formula is C23H18Cl2O6. The first-order valence-electron chi connectivity index (χ1n) is 9.18. The molecule has 0 aliphatic heterocycles. The minimum absolute atomic E-state index is 0.145. The number of halogens is 2. The van der Waals surface area contributed by atoms with Gasteiger partial charge in [0.05, 0.1) is 15.6 Å². The zero-order chi connectivity index (χ0) is 22.2. The average molecular weight is 461 g/mol. The smallest absolute Gasteiger partial charge is 0.335 e. The number of carboxylic acid groups (broad SMARTS) is 1. The second-order valence-electron chi connectivity index (χ2n) is 6.45. The summed E-state index contributed by atoms with van der Waals surface area (Å²) in [4.78, 5) is 22.8. The lowest BCUT2D eigenvalue weighted by molar-refractivity contribution is -0.123. The summed E-state index contributed by atoms with van der Waals surface area (Å²) in [7, 11) is 0. The van der Waals surface area contributed by atoms with Crippen molar-refractivity contribution < 1.29 is 28.9 Å². The average Bonchev–Trinajstić information content (AvgIpc) is 2.78. The summed E-state index contributed by atoms with van der Waals surface area (Å²) in [6.07, 6.45) is 0. The Morgan fingerprint density at radius 2 is 1.23 bits per heavy atom. The first kappa shape index (κ1) is 22.5. The van der Waals surface area contributed by atoms with Crippen LogP contribution in [0.3, 0.4) is 0 Å². The zero-order valence-electron chi connectivity index (χ0n) is 16.2. The number of hydrogen-bond acceptors (Lipinski definition) is 5. The first-order valence-corrected chi connectivity index (χ1v) is 9.94. The molecule has 0 bridgehead atoms. The maximum absolute atomic E-state index is 12.0. The number of carbonyl (C=O) groups is 2. The Morgan fingerprint density at radius 1 is 0.710 bits per heavy atom. The number of rotatable bonds is 10. The quantitative estimate of drug-likeness (QED) is 0.442. The number of Topliss-reactive ketones (excluding diaryl/α,β-unsaturated/α-hetero) is 1. The van der Waals surface area contributed by atoms with Crippen molar-refractivity contribution in [3.8, 4) is 17.2 Å². The summed E-state index contributed by atoms with van der Waals surface area (Å²) in [5.74, 6) is 0.268. The Morgan fingerprint density at radius 3 is 1.74 bits per heavy atom.